The highest BCUT2D eigenvalue weighted by Crippen LogP contribution is 2.15. The number of aliphatic imine (C=N–C) groups is 1. The quantitative estimate of drug-likeness (QED) is 0.462. The van der Waals surface area contributed by atoms with Gasteiger partial charge in [-0.2, -0.15) is 13.2 Å². The van der Waals surface area contributed by atoms with Gasteiger partial charge in [-0.1, -0.05) is 19.1 Å². The van der Waals surface area contributed by atoms with Crippen LogP contribution in [0.15, 0.2) is 29.3 Å². The Morgan fingerprint density at radius 1 is 1.36 bits per heavy atom. The molecule has 0 atom stereocenters. The fourth-order valence-corrected chi connectivity index (χ4v) is 1.98. The summed E-state index contributed by atoms with van der Waals surface area (Å²) in [6.07, 6.45) is -2.72. The van der Waals surface area contributed by atoms with Gasteiger partial charge in [0.1, 0.15) is 0 Å². The lowest BCUT2D eigenvalue weighted by Crippen LogP contribution is -2.32. The normalized spacial score (nSPS) is 12.7. The van der Waals surface area contributed by atoms with E-state index in [-0.39, 0.29) is 5.96 Å². The van der Waals surface area contributed by atoms with Crippen LogP contribution >= 0.6 is 0 Å². The van der Waals surface area contributed by atoms with Crippen molar-refractivity contribution >= 4 is 11.6 Å². The molecule has 0 saturated heterocycles. The Morgan fingerprint density at radius 3 is 2.73 bits per heavy atom. The number of nitrogens with two attached hydrogens (primary N) is 1. The van der Waals surface area contributed by atoms with Crippen molar-refractivity contribution in [3.8, 4) is 0 Å². The molecule has 3 N–H and O–H groups in total. The molecule has 7 heteroatoms. The number of nitrogens with one attached hydrogen (secondary N) is 1. The van der Waals surface area contributed by atoms with Crippen LogP contribution in [-0.4, -0.2) is 43.7 Å². The maximum absolute atomic E-state index is 12.1. The van der Waals surface area contributed by atoms with E-state index < -0.39 is 12.7 Å². The molecule has 0 aliphatic heterocycles. The molecule has 0 bridgehead atoms. The van der Waals surface area contributed by atoms with Crippen LogP contribution in [0.25, 0.3) is 0 Å². The summed E-state index contributed by atoms with van der Waals surface area (Å²) in [5.74, 6) is 0.270. The lowest BCUT2D eigenvalue weighted by atomic mass is 10.1. The van der Waals surface area contributed by atoms with Gasteiger partial charge in [0, 0.05) is 12.2 Å². The van der Waals surface area contributed by atoms with E-state index in [0.29, 0.717) is 19.5 Å². The summed E-state index contributed by atoms with van der Waals surface area (Å²) < 4.78 is 36.4. The molecule has 0 unspecified atom stereocenters. The Morgan fingerprint density at radius 2 is 2.09 bits per heavy atom. The SMILES string of the molecule is CCc1cccc(NC(N)=NCCCN(C)CC(F)(F)F)c1. The number of nitrogens with zero attached hydrogens (tertiary/aromatic N) is 2. The smallest absolute Gasteiger partial charge is 0.370 e. The monoisotopic (exact) mass is 316 g/mol. The highest BCUT2D eigenvalue weighted by atomic mass is 19.4. The van der Waals surface area contributed by atoms with Crippen molar-refractivity contribution < 1.29 is 13.2 Å². The van der Waals surface area contributed by atoms with Gasteiger partial charge >= 0.3 is 6.18 Å². The summed E-state index contributed by atoms with van der Waals surface area (Å²) in [5.41, 5.74) is 7.80. The number of hydrogen-bond acceptors (Lipinski definition) is 2. The van der Waals surface area contributed by atoms with E-state index in [1.807, 2.05) is 24.3 Å². The maximum atomic E-state index is 12.1. The minimum atomic E-state index is -4.16. The molecule has 0 amide bonds. The molecular weight excluding hydrogens is 293 g/mol. The number of hydrogen-bond donors (Lipinski definition) is 2. The minimum Gasteiger partial charge on any atom is -0.370 e. The molecule has 0 spiro atoms. The second-order valence-electron chi connectivity index (χ2n) is 5.15. The molecule has 1 aromatic carbocycles. The fourth-order valence-electron chi connectivity index (χ4n) is 1.98. The van der Waals surface area contributed by atoms with Crippen LogP contribution in [0.4, 0.5) is 18.9 Å². The molecule has 1 aromatic rings. The largest absolute Gasteiger partial charge is 0.401 e. The van der Waals surface area contributed by atoms with E-state index in [1.165, 1.54) is 17.5 Å². The van der Waals surface area contributed by atoms with Crippen LogP contribution in [0, 0.1) is 0 Å². The molecule has 0 aliphatic carbocycles. The van der Waals surface area contributed by atoms with Crippen LogP contribution in [-0.2, 0) is 6.42 Å². The Bertz CT molecular complexity index is 486. The highest BCUT2D eigenvalue weighted by Gasteiger charge is 2.28. The van der Waals surface area contributed by atoms with Crippen molar-refractivity contribution in [2.24, 2.45) is 10.7 Å². The van der Waals surface area contributed by atoms with E-state index >= 15 is 0 Å². The zero-order chi connectivity index (χ0) is 16.6. The Kier molecular flexibility index (Phi) is 7.17. The molecule has 124 valence electrons. The number of rotatable bonds is 7. The predicted octanol–water partition coefficient (Wildman–Crippen LogP) is 2.86. The first-order chi connectivity index (χ1) is 10.3. The van der Waals surface area contributed by atoms with Gasteiger partial charge in [0.2, 0.25) is 0 Å². The third-order valence-electron chi connectivity index (χ3n) is 3.04. The Balaban J connectivity index is 2.34. The summed E-state index contributed by atoms with van der Waals surface area (Å²) in [4.78, 5) is 5.34. The maximum Gasteiger partial charge on any atom is 0.401 e. The van der Waals surface area contributed by atoms with Crippen LogP contribution < -0.4 is 11.1 Å². The van der Waals surface area contributed by atoms with Crippen molar-refractivity contribution in [3.05, 3.63) is 29.8 Å². The molecule has 0 aromatic heterocycles. The number of halogens is 3. The molecule has 0 heterocycles. The second kappa shape index (κ2) is 8.63. The average molecular weight is 316 g/mol. The molecule has 0 radical (unpaired) electrons. The first kappa shape index (κ1) is 18.3. The zero-order valence-corrected chi connectivity index (χ0v) is 13.0. The third-order valence-corrected chi connectivity index (χ3v) is 3.04. The number of aryl methyl sites for hydroxylation is 1. The van der Waals surface area contributed by atoms with E-state index in [0.717, 1.165) is 12.1 Å². The second-order valence-corrected chi connectivity index (χ2v) is 5.15. The molecule has 22 heavy (non-hydrogen) atoms. The summed E-state index contributed by atoms with van der Waals surface area (Å²) in [7, 11) is 1.44. The van der Waals surface area contributed by atoms with E-state index in [9.17, 15) is 13.2 Å². The van der Waals surface area contributed by atoms with Gasteiger partial charge in [0.05, 0.1) is 6.54 Å². The first-order valence-electron chi connectivity index (χ1n) is 7.21. The number of guanidine groups is 1. The number of anilines is 1. The number of benzene rings is 1. The highest BCUT2D eigenvalue weighted by molar-refractivity contribution is 5.92. The van der Waals surface area contributed by atoms with Crippen molar-refractivity contribution in [3.63, 3.8) is 0 Å². The molecule has 0 fully saturated rings. The first-order valence-corrected chi connectivity index (χ1v) is 7.21. The third kappa shape index (κ3) is 7.87. The summed E-state index contributed by atoms with van der Waals surface area (Å²) in [6.45, 7) is 1.86. The predicted molar refractivity (Wildman–Crippen MR) is 84.1 cm³/mol. The van der Waals surface area contributed by atoms with Crippen LogP contribution in [0.3, 0.4) is 0 Å². The van der Waals surface area contributed by atoms with Crippen LogP contribution in [0.5, 0.6) is 0 Å². The fraction of sp³-hybridized carbons (Fsp3) is 0.533. The van der Waals surface area contributed by atoms with Crippen molar-refractivity contribution in [1.82, 2.24) is 4.90 Å². The van der Waals surface area contributed by atoms with E-state index in [4.69, 9.17) is 5.73 Å². The Labute approximate surface area is 129 Å². The van der Waals surface area contributed by atoms with Crippen molar-refractivity contribution in [2.45, 2.75) is 25.9 Å². The van der Waals surface area contributed by atoms with Gasteiger partial charge in [-0.3, -0.25) is 9.89 Å². The van der Waals surface area contributed by atoms with Crippen molar-refractivity contribution in [1.29, 1.82) is 0 Å². The topological polar surface area (TPSA) is 53.6 Å². The van der Waals surface area contributed by atoms with Crippen LogP contribution in [0.1, 0.15) is 18.9 Å². The van der Waals surface area contributed by atoms with Crippen LogP contribution in [0.2, 0.25) is 0 Å². The molecule has 0 aliphatic rings. The van der Waals surface area contributed by atoms with Gasteiger partial charge in [0.15, 0.2) is 5.96 Å². The molecule has 1 rings (SSSR count). The summed E-state index contributed by atoms with van der Waals surface area (Å²) in [5, 5.41) is 2.98. The van der Waals surface area contributed by atoms with Crippen molar-refractivity contribution in [2.75, 3.05) is 32.0 Å². The minimum absolute atomic E-state index is 0.270. The van der Waals surface area contributed by atoms with Gasteiger partial charge in [0.25, 0.3) is 0 Å². The lowest BCUT2D eigenvalue weighted by molar-refractivity contribution is -0.143. The van der Waals surface area contributed by atoms with E-state index in [1.54, 1.807) is 0 Å². The standard InChI is InChI=1S/C15H23F3N4/c1-3-12-6-4-7-13(10-12)21-14(19)20-8-5-9-22(2)11-15(16,17)18/h4,6-7,10H,3,5,8-9,11H2,1-2H3,(H3,19,20,21). The van der Waals surface area contributed by atoms with Gasteiger partial charge in [-0.25, -0.2) is 0 Å². The Hall–Kier alpha value is -1.76. The molecular formula is C15H23F3N4. The molecule has 4 nitrogen and oxygen atoms in total. The zero-order valence-electron chi connectivity index (χ0n) is 13.0. The van der Waals surface area contributed by atoms with Gasteiger partial charge in [-0.15, -0.1) is 0 Å². The number of alkyl halides is 3. The van der Waals surface area contributed by atoms with E-state index in [2.05, 4.69) is 17.2 Å². The molecule has 0 saturated carbocycles. The van der Waals surface area contributed by atoms with Gasteiger partial charge in [-0.05, 0) is 44.1 Å². The summed E-state index contributed by atoms with van der Waals surface area (Å²) >= 11 is 0. The van der Waals surface area contributed by atoms with Gasteiger partial charge < -0.3 is 11.1 Å². The average Bonchev–Trinajstić information content (AvgIpc) is 2.42. The summed E-state index contributed by atoms with van der Waals surface area (Å²) in [6, 6.07) is 7.83. The lowest BCUT2D eigenvalue weighted by Gasteiger charge is -2.17.